The molecule has 0 saturated carbocycles. The van der Waals surface area contributed by atoms with Crippen LogP contribution >= 0.6 is 22.9 Å². The van der Waals surface area contributed by atoms with Gasteiger partial charge in [0.2, 0.25) is 0 Å². The van der Waals surface area contributed by atoms with Crippen LogP contribution in [0.3, 0.4) is 0 Å². The molecular formula is C14H11ClN2O2S. The van der Waals surface area contributed by atoms with Crippen molar-refractivity contribution in [2.24, 2.45) is 0 Å². The van der Waals surface area contributed by atoms with Crippen LogP contribution in [0.2, 0.25) is 5.15 Å². The lowest BCUT2D eigenvalue weighted by Crippen LogP contribution is -1.95. The maximum Gasteiger partial charge on any atom is 0.162 e. The van der Waals surface area contributed by atoms with Gasteiger partial charge in [-0.1, -0.05) is 11.6 Å². The van der Waals surface area contributed by atoms with Gasteiger partial charge >= 0.3 is 0 Å². The quantitative estimate of drug-likeness (QED) is 0.685. The van der Waals surface area contributed by atoms with Crippen LogP contribution in [0.1, 0.15) is 0 Å². The van der Waals surface area contributed by atoms with E-state index in [4.69, 9.17) is 21.1 Å². The normalized spacial score (nSPS) is 10.8. The predicted octanol–water partition coefficient (Wildman–Crippen LogP) is 4.03. The lowest BCUT2D eigenvalue weighted by atomic mass is 10.2. The summed E-state index contributed by atoms with van der Waals surface area (Å²) in [4.78, 5) is 8.88. The Balaban J connectivity index is 2.25. The summed E-state index contributed by atoms with van der Waals surface area (Å²) in [6.45, 7) is 0. The van der Waals surface area contributed by atoms with E-state index in [-0.39, 0.29) is 0 Å². The number of hydrogen-bond acceptors (Lipinski definition) is 5. The number of hydrogen-bond donors (Lipinski definition) is 0. The molecule has 0 radical (unpaired) electrons. The molecule has 0 bridgehead atoms. The zero-order chi connectivity index (χ0) is 14.1. The summed E-state index contributed by atoms with van der Waals surface area (Å²) >= 11 is 7.85. The van der Waals surface area contributed by atoms with E-state index >= 15 is 0 Å². The van der Waals surface area contributed by atoms with Gasteiger partial charge in [-0.25, -0.2) is 9.97 Å². The zero-order valence-electron chi connectivity index (χ0n) is 10.9. The molecule has 20 heavy (non-hydrogen) atoms. The Morgan fingerprint density at radius 2 is 1.85 bits per heavy atom. The van der Waals surface area contributed by atoms with E-state index in [1.165, 1.54) is 0 Å². The van der Waals surface area contributed by atoms with Crippen molar-refractivity contribution < 1.29 is 9.47 Å². The Kier molecular flexibility index (Phi) is 3.46. The molecule has 0 atom stereocenters. The molecule has 3 rings (SSSR count). The highest BCUT2D eigenvalue weighted by atomic mass is 35.5. The smallest absolute Gasteiger partial charge is 0.162 e. The molecule has 6 heteroatoms. The lowest BCUT2D eigenvalue weighted by molar-refractivity contribution is 0.356. The van der Waals surface area contributed by atoms with Crippen molar-refractivity contribution in [1.82, 2.24) is 9.97 Å². The standard InChI is InChI=1S/C14H11ClN2O2S/c1-18-11-5-9-10(6-12(11)19-2)16-14(17-13(9)15)8-3-4-20-7-8/h3-7H,1-2H3. The van der Waals surface area contributed by atoms with Crippen LogP contribution in [0.25, 0.3) is 22.3 Å². The third-order valence-corrected chi connectivity index (χ3v) is 3.91. The minimum absolute atomic E-state index is 0.400. The van der Waals surface area contributed by atoms with Gasteiger partial charge in [0.25, 0.3) is 0 Å². The second-order valence-electron chi connectivity index (χ2n) is 4.07. The summed E-state index contributed by atoms with van der Waals surface area (Å²) in [5.41, 5.74) is 1.68. The molecule has 3 aromatic rings. The van der Waals surface area contributed by atoms with Gasteiger partial charge in [0, 0.05) is 22.4 Å². The topological polar surface area (TPSA) is 44.2 Å². The molecule has 0 aliphatic rings. The van der Waals surface area contributed by atoms with Crippen LogP contribution < -0.4 is 9.47 Å². The highest BCUT2D eigenvalue weighted by Gasteiger charge is 2.13. The first-order valence-electron chi connectivity index (χ1n) is 5.84. The van der Waals surface area contributed by atoms with E-state index in [1.807, 2.05) is 16.8 Å². The average molecular weight is 307 g/mol. The molecule has 2 heterocycles. The maximum absolute atomic E-state index is 6.26. The number of nitrogens with zero attached hydrogens (tertiary/aromatic N) is 2. The fourth-order valence-corrected chi connectivity index (χ4v) is 2.80. The Morgan fingerprint density at radius 1 is 1.10 bits per heavy atom. The number of benzene rings is 1. The van der Waals surface area contributed by atoms with Gasteiger partial charge < -0.3 is 9.47 Å². The highest BCUT2D eigenvalue weighted by molar-refractivity contribution is 7.08. The molecule has 102 valence electrons. The first-order chi connectivity index (χ1) is 9.72. The molecule has 2 aromatic heterocycles. The SMILES string of the molecule is COc1cc2nc(-c3ccsc3)nc(Cl)c2cc1OC. The van der Waals surface area contributed by atoms with Crippen molar-refractivity contribution in [3.05, 3.63) is 34.1 Å². The maximum atomic E-state index is 6.26. The third kappa shape index (κ3) is 2.19. The van der Waals surface area contributed by atoms with Crippen molar-refractivity contribution in [3.63, 3.8) is 0 Å². The summed E-state index contributed by atoms with van der Waals surface area (Å²) in [7, 11) is 3.17. The van der Waals surface area contributed by atoms with E-state index in [9.17, 15) is 0 Å². The predicted molar refractivity (Wildman–Crippen MR) is 81.0 cm³/mol. The van der Waals surface area contributed by atoms with Gasteiger partial charge in [-0.3, -0.25) is 0 Å². The fourth-order valence-electron chi connectivity index (χ4n) is 1.94. The Labute approximate surface area is 125 Å². The van der Waals surface area contributed by atoms with Gasteiger partial charge in [-0.15, -0.1) is 0 Å². The van der Waals surface area contributed by atoms with E-state index < -0.39 is 0 Å². The highest BCUT2D eigenvalue weighted by Crippen LogP contribution is 2.35. The zero-order valence-corrected chi connectivity index (χ0v) is 12.5. The van der Waals surface area contributed by atoms with Gasteiger partial charge in [0.1, 0.15) is 5.15 Å². The van der Waals surface area contributed by atoms with Crippen LogP contribution in [0.5, 0.6) is 11.5 Å². The molecule has 4 nitrogen and oxygen atoms in total. The van der Waals surface area contributed by atoms with Crippen molar-refractivity contribution >= 4 is 33.8 Å². The molecule has 0 aliphatic heterocycles. The van der Waals surface area contributed by atoms with Crippen molar-refractivity contribution in [3.8, 4) is 22.9 Å². The number of methoxy groups -OCH3 is 2. The molecule has 0 unspecified atom stereocenters. The number of ether oxygens (including phenoxy) is 2. The number of aromatic nitrogens is 2. The summed E-state index contributed by atoms with van der Waals surface area (Å²) in [5, 5.41) is 5.10. The monoisotopic (exact) mass is 306 g/mol. The van der Waals surface area contributed by atoms with Gasteiger partial charge in [-0.05, 0) is 17.5 Å². The summed E-state index contributed by atoms with van der Waals surface area (Å²) in [6, 6.07) is 5.55. The molecular weight excluding hydrogens is 296 g/mol. The van der Waals surface area contributed by atoms with Gasteiger partial charge in [0.05, 0.1) is 19.7 Å². The first kappa shape index (κ1) is 13.1. The molecule has 0 saturated heterocycles. The van der Waals surface area contributed by atoms with Crippen molar-refractivity contribution in [2.75, 3.05) is 14.2 Å². The Morgan fingerprint density at radius 3 is 2.50 bits per heavy atom. The Hall–Kier alpha value is -1.85. The number of rotatable bonds is 3. The van der Waals surface area contributed by atoms with Crippen LogP contribution in [-0.2, 0) is 0 Å². The summed E-state index contributed by atoms with van der Waals surface area (Å²) in [5.74, 6) is 1.83. The average Bonchev–Trinajstić information content (AvgIpc) is 3.00. The largest absolute Gasteiger partial charge is 0.493 e. The van der Waals surface area contributed by atoms with E-state index in [2.05, 4.69) is 9.97 Å². The molecule has 0 N–H and O–H groups in total. The second-order valence-corrected chi connectivity index (χ2v) is 5.21. The fraction of sp³-hybridized carbons (Fsp3) is 0.143. The van der Waals surface area contributed by atoms with Crippen LogP contribution in [-0.4, -0.2) is 24.2 Å². The lowest BCUT2D eigenvalue weighted by Gasteiger charge is -2.10. The number of halogens is 1. The third-order valence-electron chi connectivity index (χ3n) is 2.93. The molecule has 0 aliphatic carbocycles. The molecule has 1 aromatic carbocycles. The summed E-state index contributed by atoms with van der Waals surface area (Å²) in [6.07, 6.45) is 0. The molecule has 0 spiro atoms. The van der Waals surface area contributed by atoms with E-state index in [0.29, 0.717) is 22.5 Å². The molecule has 0 fully saturated rings. The Bertz CT molecular complexity index is 759. The first-order valence-corrected chi connectivity index (χ1v) is 7.17. The van der Waals surface area contributed by atoms with Gasteiger partial charge in [-0.2, -0.15) is 11.3 Å². The van der Waals surface area contributed by atoms with Crippen LogP contribution in [0.15, 0.2) is 29.0 Å². The number of fused-ring (bicyclic) bond motifs is 1. The summed E-state index contributed by atoms with van der Waals surface area (Å²) < 4.78 is 10.6. The molecule has 0 amide bonds. The minimum atomic E-state index is 0.400. The van der Waals surface area contributed by atoms with Gasteiger partial charge in [0.15, 0.2) is 17.3 Å². The number of thiophene rings is 1. The van der Waals surface area contributed by atoms with Crippen molar-refractivity contribution in [2.45, 2.75) is 0 Å². The second kappa shape index (κ2) is 5.26. The van der Waals surface area contributed by atoms with E-state index in [0.717, 1.165) is 16.5 Å². The van der Waals surface area contributed by atoms with Crippen molar-refractivity contribution in [1.29, 1.82) is 0 Å². The van der Waals surface area contributed by atoms with E-state index in [1.54, 1.807) is 37.7 Å². The minimum Gasteiger partial charge on any atom is -0.493 e. The van der Waals surface area contributed by atoms with Crippen LogP contribution in [0, 0.1) is 0 Å². The van der Waals surface area contributed by atoms with Crippen LogP contribution in [0.4, 0.5) is 0 Å².